The van der Waals surface area contributed by atoms with Gasteiger partial charge in [-0.15, -0.1) is 0 Å². The van der Waals surface area contributed by atoms with E-state index in [1.807, 2.05) is 13.0 Å². The second kappa shape index (κ2) is 7.01. The molecule has 0 radical (unpaired) electrons. The molecule has 1 aliphatic heterocycles. The van der Waals surface area contributed by atoms with E-state index in [0.29, 0.717) is 29.9 Å². The van der Waals surface area contributed by atoms with Crippen LogP contribution in [0.2, 0.25) is 5.02 Å². The van der Waals surface area contributed by atoms with Gasteiger partial charge in [-0.2, -0.15) is 0 Å². The molecule has 1 aromatic rings. The van der Waals surface area contributed by atoms with Gasteiger partial charge < -0.3 is 14.8 Å². The van der Waals surface area contributed by atoms with Crippen molar-refractivity contribution in [3.8, 4) is 11.5 Å². The second-order valence-corrected chi connectivity index (χ2v) is 5.32. The van der Waals surface area contributed by atoms with Crippen molar-refractivity contribution in [1.29, 1.82) is 0 Å². The zero-order chi connectivity index (χ0) is 13.7. The molecule has 0 saturated carbocycles. The van der Waals surface area contributed by atoms with Crippen LogP contribution in [-0.2, 0) is 6.42 Å². The van der Waals surface area contributed by atoms with Crippen molar-refractivity contribution in [1.82, 2.24) is 5.32 Å². The van der Waals surface area contributed by atoms with E-state index in [9.17, 15) is 0 Å². The molecule has 106 valence electrons. The molecule has 1 heterocycles. The van der Waals surface area contributed by atoms with Gasteiger partial charge in [-0.1, -0.05) is 18.5 Å². The van der Waals surface area contributed by atoms with Crippen LogP contribution in [0.25, 0.3) is 0 Å². The van der Waals surface area contributed by atoms with Crippen molar-refractivity contribution in [2.45, 2.75) is 26.7 Å². The molecule has 1 saturated heterocycles. The Morgan fingerprint density at radius 1 is 1.26 bits per heavy atom. The third-order valence-corrected chi connectivity index (χ3v) is 3.49. The summed E-state index contributed by atoms with van der Waals surface area (Å²) < 4.78 is 11.4. The van der Waals surface area contributed by atoms with Crippen LogP contribution in [0.5, 0.6) is 11.5 Å². The molecular formula is C15H22ClNO2. The first-order valence-electron chi connectivity index (χ1n) is 7.03. The van der Waals surface area contributed by atoms with Crippen LogP contribution in [0.4, 0.5) is 0 Å². The van der Waals surface area contributed by atoms with E-state index in [1.54, 1.807) is 0 Å². The molecule has 0 aliphatic carbocycles. The minimum absolute atomic E-state index is 0.618. The Balaban J connectivity index is 2.17. The number of ether oxygens (including phenoxy) is 2. The summed E-state index contributed by atoms with van der Waals surface area (Å²) >= 11 is 6.33. The van der Waals surface area contributed by atoms with Gasteiger partial charge in [-0.3, -0.25) is 0 Å². The summed E-state index contributed by atoms with van der Waals surface area (Å²) in [5.41, 5.74) is 1.23. The van der Waals surface area contributed by atoms with Crippen molar-refractivity contribution in [2.24, 2.45) is 5.92 Å². The predicted octanol–water partition coefficient (Wildman–Crippen LogP) is 3.29. The quantitative estimate of drug-likeness (QED) is 0.833. The van der Waals surface area contributed by atoms with Gasteiger partial charge in [0.05, 0.1) is 18.2 Å². The highest BCUT2D eigenvalue weighted by atomic mass is 35.5. The molecule has 1 fully saturated rings. The largest absolute Gasteiger partial charge is 0.490 e. The summed E-state index contributed by atoms with van der Waals surface area (Å²) in [5, 5.41) is 3.94. The smallest absolute Gasteiger partial charge is 0.179 e. The Morgan fingerprint density at radius 2 is 2.05 bits per heavy atom. The van der Waals surface area contributed by atoms with Crippen LogP contribution >= 0.6 is 11.6 Å². The SMILES string of the molecule is CCCOc1c(Cl)cc(CC2CNC2)cc1OCC. The van der Waals surface area contributed by atoms with Gasteiger partial charge in [-0.05, 0) is 56.5 Å². The van der Waals surface area contributed by atoms with E-state index >= 15 is 0 Å². The number of hydrogen-bond acceptors (Lipinski definition) is 3. The lowest BCUT2D eigenvalue weighted by Crippen LogP contribution is -2.43. The van der Waals surface area contributed by atoms with Crippen LogP contribution in [-0.4, -0.2) is 26.3 Å². The standard InChI is InChI=1S/C15H22ClNO2/c1-3-5-19-15-13(16)7-11(6-12-9-17-10-12)8-14(15)18-4-2/h7-8,12,17H,3-6,9-10H2,1-2H3. The van der Waals surface area contributed by atoms with Crippen LogP contribution in [0.1, 0.15) is 25.8 Å². The van der Waals surface area contributed by atoms with Crippen molar-refractivity contribution >= 4 is 11.6 Å². The van der Waals surface area contributed by atoms with Gasteiger partial charge >= 0.3 is 0 Å². The normalized spacial score (nSPS) is 15.1. The average molecular weight is 284 g/mol. The highest BCUT2D eigenvalue weighted by molar-refractivity contribution is 6.32. The Hall–Kier alpha value is -0.930. The number of benzene rings is 1. The van der Waals surface area contributed by atoms with Crippen LogP contribution in [0.15, 0.2) is 12.1 Å². The topological polar surface area (TPSA) is 30.5 Å². The Bertz CT molecular complexity index is 419. The molecule has 0 amide bonds. The number of rotatable bonds is 7. The lowest BCUT2D eigenvalue weighted by atomic mass is 9.94. The fourth-order valence-corrected chi connectivity index (χ4v) is 2.46. The van der Waals surface area contributed by atoms with E-state index < -0.39 is 0 Å². The summed E-state index contributed by atoms with van der Waals surface area (Å²) in [5.74, 6) is 2.17. The molecule has 0 spiro atoms. The predicted molar refractivity (Wildman–Crippen MR) is 78.5 cm³/mol. The maximum atomic E-state index is 6.33. The maximum absolute atomic E-state index is 6.33. The first-order valence-corrected chi connectivity index (χ1v) is 7.41. The van der Waals surface area contributed by atoms with E-state index in [4.69, 9.17) is 21.1 Å². The van der Waals surface area contributed by atoms with Gasteiger partial charge in [0.25, 0.3) is 0 Å². The summed E-state index contributed by atoms with van der Waals surface area (Å²) in [6.45, 7) is 7.51. The Labute approximate surface area is 120 Å². The van der Waals surface area contributed by atoms with Crippen molar-refractivity contribution in [2.75, 3.05) is 26.3 Å². The number of halogens is 1. The first kappa shape index (κ1) is 14.5. The highest BCUT2D eigenvalue weighted by Gasteiger charge is 2.19. The molecule has 1 N–H and O–H groups in total. The monoisotopic (exact) mass is 283 g/mol. The van der Waals surface area contributed by atoms with Crippen molar-refractivity contribution < 1.29 is 9.47 Å². The molecule has 2 rings (SSSR count). The van der Waals surface area contributed by atoms with Gasteiger partial charge in [0.15, 0.2) is 11.5 Å². The van der Waals surface area contributed by atoms with E-state index in [-0.39, 0.29) is 0 Å². The van der Waals surface area contributed by atoms with Crippen molar-refractivity contribution in [3.05, 3.63) is 22.7 Å². The first-order chi connectivity index (χ1) is 9.24. The minimum atomic E-state index is 0.618. The average Bonchev–Trinajstić information content (AvgIpc) is 2.33. The summed E-state index contributed by atoms with van der Waals surface area (Å²) in [6, 6.07) is 4.08. The van der Waals surface area contributed by atoms with Gasteiger partial charge in [0.1, 0.15) is 0 Å². The summed E-state index contributed by atoms with van der Waals surface area (Å²) in [7, 11) is 0. The third kappa shape index (κ3) is 3.77. The van der Waals surface area contributed by atoms with Crippen molar-refractivity contribution in [3.63, 3.8) is 0 Å². The molecule has 0 unspecified atom stereocenters. The third-order valence-electron chi connectivity index (χ3n) is 3.21. The lowest BCUT2D eigenvalue weighted by molar-refractivity contribution is 0.276. The molecular weight excluding hydrogens is 262 g/mol. The fourth-order valence-electron chi connectivity index (χ4n) is 2.17. The lowest BCUT2D eigenvalue weighted by Gasteiger charge is -2.27. The molecule has 0 atom stereocenters. The summed E-state index contributed by atoms with van der Waals surface area (Å²) in [4.78, 5) is 0. The highest BCUT2D eigenvalue weighted by Crippen LogP contribution is 2.37. The van der Waals surface area contributed by atoms with E-state index in [1.165, 1.54) is 5.56 Å². The van der Waals surface area contributed by atoms with Gasteiger partial charge in [0, 0.05) is 0 Å². The zero-order valence-corrected chi connectivity index (χ0v) is 12.4. The molecule has 19 heavy (non-hydrogen) atoms. The number of nitrogens with one attached hydrogen (secondary N) is 1. The summed E-state index contributed by atoms with van der Waals surface area (Å²) in [6.07, 6.45) is 2.00. The van der Waals surface area contributed by atoms with Crippen LogP contribution in [0.3, 0.4) is 0 Å². The van der Waals surface area contributed by atoms with Crippen LogP contribution in [0, 0.1) is 5.92 Å². The Morgan fingerprint density at radius 3 is 2.63 bits per heavy atom. The molecule has 1 aliphatic rings. The molecule has 0 aromatic heterocycles. The zero-order valence-electron chi connectivity index (χ0n) is 11.7. The Kier molecular flexibility index (Phi) is 5.34. The molecule has 4 heteroatoms. The molecule has 0 bridgehead atoms. The maximum Gasteiger partial charge on any atom is 0.179 e. The van der Waals surface area contributed by atoms with E-state index in [2.05, 4.69) is 18.3 Å². The molecule has 1 aromatic carbocycles. The second-order valence-electron chi connectivity index (χ2n) is 4.91. The van der Waals surface area contributed by atoms with E-state index in [0.717, 1.165) is 31.7 Å². The fraction of sp³-hybridized carbons (Fsp3) is 0.600. The number of hydrogen-bond donors (Lipinski definition) is 1. The van der Waals surface area contributed by atoms with Gasteiger partial charge in [-0.25, -0.2) is 0 Å². The molecule has 3 nitrogen and oxygen atoms in total. The minimum Gasteiger partial charge on any atom is -0.490 e. The van der Waals surface area contributed by atoms with Crippen LogP contribution < -0.4 is 14.8 Å². The van der Waals surface area contributed by atoms with Gasteiger partial charge in [0.2, 0.25) is 0 Å².